The van der Waals surface area contributed by atoms with Gasteiger partial charge in [-0.3, -0.25) is 4.79 Å². The Morgan fingerprint density at radius 2 is 1.76 bits per heavy atom. The van der Waals surface area contributed by atoms with Gasteiger partial charge in [0.1, 0.15) is 17.6 Å². The maximum atomic E-state index is 12.5. The van der Waals surface area contributed by atoms with Crippen molar-refractivity contribution in [2.75, 3.05) is 13.7 Å². The number of aromatic nitrogens is 2. The third-order valence-electron chi connectivity index (χ3n) is 6.23. The molecule has 2 aromatic carbocycles. The summed E-state index contributed by atoms with van der Waals surface area (Å²) in [5.74, 6) is 1.70. The van der Waals surface area contributed by atoms with Gasteiger partial charge in [-0.15, -0.1) is 0 Å². The van der Waals surface area contributed by atoms with Crippen LogP contribution >= 0.6 is 0 Å². The number of benzene rings is 2. The van der Waals surface area contributed by atoms with Crippen molar-refractivity contribution in [2.24, 2.45) is 5.92 Å². The first-order valence-electron chi connectivity index (χ1n) is 12.4. The van der Waals surface area contributed by atoms with Crippen LogP contribution in [0.4, 0.5) is 0 Å². The number of carbonyl (C=O) groups is 2. The van der Waals surface area contributed by atoms with Crippen LogP contribution in [0.5, 0.6) is 5.75 Å². The zero-order valence-electron chi connectivity index (χ0n) is 21.6. The molecule has 37 heavy (non-hydrogen) atoms. The van der Waals surface area contributed by atoms with E-state index in [-0.39, 0.29) is 17.7 Å². The molecule has 4 rings (SSSR count). The van der Waals surface area contributed by atoms with Gasteiger partial charge in [0.15, 0.2) is 5.78 Å². The maximum absolute atomic E-state index is 12.5. The number of nitrogens with zero attached hydrogens (tertiary/aromatic N) is 2. The lowest BCUT2D eigenvalue weighted by Crippen LogP contribution is -2.22. The molecule has 0 fully saturated rings. The van der Waals surface area contributed by atoms with Gasteiger partial charge in [0, 0.05) is 42.3 Å². The predicted octanol–water partition coefficient (Wildman–Crippen LogP) is 5.87. The minimum atomic E-state index is -0.570. The lowest BCUT2D eigenvalue weighted by molar-refractivity contribution is -0.144. The van der Waals surface area contributed by atoms with Crippen molar-refractivity contribution in [2.45, 2.75) is 39.7 Å². The number of oxazole rings is 1. The second-order valence-corrected chi connectivity index (χ2v) is 9.24. The molecule has 192 valence electrons. The smallest absolute Gasteiger partial charge is 0.329 e. The molecule has 4 aromatic rings. The fraction of sp³-hybridized carbons (Fsp3) is 0.300. The first-order valence-corrected chi connectivity index (χ1v) is 12.4. The summed E-state index contributed by atoms with van der Waals surface area (Å²) in [7, 11) is 1.37. The Morgan fingerprint density at radius 1 is 1.03 bits per heavy atom. The molecule has 1 atom stereocenters. The molecule has 0 aliphatic heterocycles. The number of hydrogen-bond acceptors (Lipinski definition) is 6. The maximum Gasteiger partial charge on any atom is 0.329 e. The lowest BCUT2D eigenvalue weighted by Gasteiger charge is -2.17. The van der Waals surface area contributed by atoms with Crippen molar-refractivity contribution in [3.05, 3.63) is 95.6 Å². The van der Waals surface area contributed by atoms with Crippen LogP contribution in [0.1, 0.15) is 47.3 Å². The Bertz CT molecular complexity index is 1340. The second kappa shape index (κ2) is 11.7. The molecule has 7 heteroatoms. The van der Waals surface area contributed by atoms with Crippen LogP contribution in [-0.4, -0.2) is 35.0 Å². The van der Waals surface area contributed by atoms with E-state index in [0.717, 1.165) is 28.3 Å². The average molecular weight is 501 g/mol. The van der Waals surface area contributed by atoms with Gasteiger partial charge >= 0.3 is 5.97 Å². The van der Waals surface area contributed by atoms with E-state index in [1.165, 1.54) is 7.11 Å². The molecule has 0 saturated carbocycles. The first-order chi connectivity index (χ1) is 17.9. The summed E-state index contributed by atoms with van der Waals surface area (Å²) in [6.07, 6.45) is 4.52. The van der Waals surface area contributed by atoms with Crippen molar-refractivity contribution in [3.63, 3.8) is 0 Å². The number of carbonyl (C=O) groups excluding carboxylic acids is 2. The van der Waals surface area contributed by atoms with Gasteiger partial charge < -0.3 is 18.5 Å². The van der Waals surface area contributed by atoms with E-state index in [9.17, 15) is 9.59 Å². The zero-order chi connectivity index (χ0) is 26.4. The molecule has 0 amide bonds. The molecule has 0 aliphatic rings. The SMILES string of the molecule is COC(=O)C(Cc1ccc(OCCc2nc(-c3ccccc3)oc2C)cc1)n1ccc(C(=O)C(C)C)c1. The molecular formula is C30H32N2O5. The van der Waals surface area contributed by atoms with Crippen LogP contribution < -0.4 is 4.74 Å². The van der Waals surface area contributed by atoms with Gasteiger partial charge in [0.2, 0.25) is 5.89 Å². The average Bonchev–Trinajstić information content (AvgIpc) is 3.55. The monoisotopic (exact) mass is 500 g/mol. The number of esters is 1. The number of rotatable bonds is 11. The molecule has 7 nitrogen and oxygen atoms in total. The molecule has 0 saturated heterocycles. The van der Waals surface area contributed by atoms with Crippen molar-refractivity contribution in [3.8, 4) is 17.2 Å². The Labute approximate surface area is 217 Å². The third kappa shape index (κ3) is 6.36. The summed E-state index contributed by atoms with van der Waals surface area (Å²) in [5, 5.41) is 0. The van der Waals surface area contributed by atoms with E-state index in [0.29, 0.717) is 30.9 Å². The number of ketones is 1. The molecule has 0 radical (unpaired) electrons. The number of Topliss-reactive ketones (excluding diaryl/α,β-unsaturated/α-hetero) is 1. The topological polar surface area (TPSA) is 83.6 Å². The van der Waals surface area contributed by atoms with Crippen LogP contribution in [0.3, 0.4) is 0 Å². The number of ether oxygens (including phenoxy) is 2. The molecular weight excluding hydrogens is 468 g/mol. The van der Waals surface area contributed by atoms with Crippen LogP contribution in [0.15, 0.2) is 77.5 Å². The highest BCUT2D eigenvalue weighted by Crippen LogP contribution is 2.23. The van der Waals surface area contributed by atoms with Gasteiger partial charge in [0.05, 0.1) is 19.4 Å². The fourth-order valence-electron chi connectivity index (χ4n) is 4.11. The van der Waals surface area contributed by atoms with E-state index in [1.807, 2.05) is 75.4 Å². The molecule has 0 aliphatic carbocycles. The van der Waals surface area contributed by atoms with Crippen molar-refractivity contribution in [1.82, 2.24) is 9.55 Å². The molecule has 2 heterocycles. The summed E-state index contributed by atoms with van der Waals surface area (Å²) in [4.78, 5) is 29.5. The second-order valence-electron chi connectivity index (χ2n) is 9.24. The quantitative estimate of drug-likeness (QED) is 0.189. The van der Waals surface area contributed by atoms with E-state index >= 15 is 0 Å². The Hall–Kier alpha value is -4.13. The van der Waals surface area contributed by atoms with E-state index in [1.54, 1.807) is 23.0 Å². The number of hydrogen-bond donors (Lipinski definition) is 0. The minimum Gasteiger partial charge on any atom is -0.493 e. The van der Waals surface area contributed by atoms with Crippen LogP contribution in [0.2, 0.25) is 0 Å². The van der Waals surface area contributed by atoms with Crippen LogP contribution in [-0.2, 0) is 22.4 Å². The highest BCUT2D eigenvalue weighted by atomic mass is 16.5. The van der Waals surface area contributed by atoms with Gasteiger partial charge in [-0.2, -0.15) is 0 Å². The van der Waals surface area contributed by atoms with E-state index < -0.39 is 6.04 Å². The van der Waals surface area contributed by atoms with Gasteiger partial charge in [-0.1, -0.05) is 44.2 Å². The lowest BCUT2D eigenvalue weighted by atomic mass is 10.0. The Balaban J connectivity index is 1.36. The molecule has 0 spiro atoms. The van der Waals surface area contributed by atoms with Gasteiger partial charge in [0.25, 0.3) is 0 Å². The highest BCUT2D eigenvalue weighted by molar-refractivity contribution is 5.97. The summed E-state index contributed by atoms with van der Waals surface area (Å²) >= 11 is 0. The third-order valence-corrected chi connectivity index (χ3v) is 6.23. The van der Waals surface area contributed by atoms with Crippen molar-refractivity contribution < 1.29 is 23.5 Å². The normalized spacial score (nSPS) is 11.9. The molecule has 1 unspecified atom stereocenters. The van der Waals surface area contributed by atoms with Gasteiger partial charge in [-0.05, 0) is 42.8 Å². The van der Waals surface area contributed by atoms with Crippen molar-refractivity contribution >= 4 is 11.8 Å². The summed E-state index contributed by atoms with van der Waals surface area (Å²) < 4.78 is 18.5. The van der Waals surface area contributed by atoms with Crippen molar-refractivity contribution in [1.29, 1.82) is 0 Å². The van der Waals surface area contributed by atoms with Crippen LogP contribution in [0, 0.1) is 12.8 Å². The molecule has 2 aromatic heterocycles. The Morgan fingerprint density at radius 3 is 2.43 bits per heavy atom. The summed E-state index contributed by atoms with van der Waals surface area (Å²) in [5.41, 5.74) is 3.36. The fourth-order valence-corrected chi connectivity index (χ4v) is 4.11. The number of aryl methyl sites for hydroxylation is 1. The standard InChI is InChI=1S/C30H32N2O5/c1-20(2)28(33)24-14-16-32(19-24)27(30(34)35-4)18-22-10-12-25(13-11-22)36-17-15-26-21(3)37-29(31-26)23-8-6-5-7-9-23/h5-14,16,19-20,27H,15,17-18H2,1-4H3. The first kappa shape index (κ1) is 25.9. The van der Waals surface area contributed by atoms with E-state index in [2.05, 4.69) is 4.98 Å². The summed E-state index contributed by atoms with van der Waals surface area (Å²) in [6, 6.07) is 18.6. The minimum absolute atomic E-state index is 0.0426. The predicted molar refractivity (Wildman–Crippen MR) is 141 cm³/mol. The van der Waals surface area contributed by atoms with Gasteiger partial charge in [-0.25, -0.2) is 9.78 Å². The Kier molecular flexibility index (Phi) is 8.23. The largest absolute Gasteiger partial charge is 0.493 e. The molecule has 0 N–H and O–H groups in total. The zero-order valence-corrected chi connectivity index (χ0v) is 21.6. The number of methoxy groups -OCH3 is 1. The van der Waals surface area contributed by atoms with E-state index in [4.69, 9.17) is 13.9 Å². The van der Waals surface area contributed by atoms with Crippen LogP contribution in [0.25, 0.3) is 11.5 Å². The molecule has 0 bridgehead atoms. The highest BCUT2D eigenvalue weighted by Gasteiger charge is 2.23. The summed E-state index contributed by atoms with van der Waals surface area (Å²) in [6.45, 7) is 6.08.